The molecule has 17 heavy (non-hydrogen) atoms. The lowest BCUT2D eigenvalue weighted by molar-refractivity contribution is 0.264. The highest BCUT2D eigenvalue weighted by atomic mass is 16.3. The van der Waals surface area contributed by atoms with Crippen molar-refractivity contribution in [3.63, 3.8) is 0 Å². The lowest BCUT2D eigenvalue weighted by Gasteiger charge is -2.12. The molecule has 3 N–H and O–H groups in total. The molecule has 0 saturated carbocycles. The summed E-state index contributed by atoms with van der Waals surface area (Å²) in [4.78, 5) is 0. The lowest BCUT2D eigenvalue weighted by Crippen LogP contribution is -2.27. The van der Waals surface area contributed by atoms with Crippen LogP contribution in [0.15, 0.2) is 42.6 Å². The van der Waals surface area contributed by atoms with Gasteiger partial charge < -0.3 is 15.4 Å². The summed E-state index contributed by atoms with van der Waals surface area (Å²) in [6.45, 7) is 2.08. The molecular weight excluding hydrogens is 212 g/mol. The molecule has 0 fully saturated rings. The van der Waals surface area contributed by atoms with Gasteiger partial charge in [-0.1, -0.05) is 17.7 Å². The molecule has 3 nitrogen and oxygen atoms in total. The van der Waals surface area contributed by atoms with Gasteiger partial charge in [-0.25, -0.2) is 0 Å². The molecule has 1 aromatic carbocycles. The number of nitrogens with two attached hydrogens (primary N) is 1. The lowest BCUT2D eigenvalue weighted by atomic mass is 10.1. The molecule has 0 aliphatic carbocycles. The van der Waals surface area contributed by atoms with Crippen molar-refractivity contribution in [1.82, 2.24) is 4.57 Å². The van der Waals surface area contributed by atoms with Crippen molar-refractivity contribution in [2.75, 3.05) is 6.61 Å². The molecule has 1 atom stereocenters. The summed E-state index contributed by atoms with van der Waals surface area (Å²) in [5, 5.41) is 9.00. The third kappa shape index (κ3) is 2.75. The first kappa shape index (κ1) is 11.9. The van der Waals surface area contributed by atoms with Crippen LogP contribution in [0.4, 0.5) is 0 Å². The van der Waals surface area contributed by atoms with E-state index in [0.717, 1.165) is 11.4 Å². The topological polar surface area (TPSA) is 51.2 Å². The minimum atomic E-state index is -0.200. The molecule has 90 valence electrons. The Balaban J connectivity index is 2.27. The highest BCUT2D eigenvalue weighted by molar-refractivity contribution is 5.37. The number of hydrogen-bond donors (Lipinski definition) is 2. The summed E-state index contributed by atoms with van der Waals surface area (Å²) in [7, 11) is 0. The molecular formula is C14H18N2O. The zero-order chi connectivity index (χ0) is 12.3. The second-order valence-corrected chi connectivity index (χ2v) is 4.35. The van der Waals surface area contributed by atoms with Gasteiger partial charge in [0, 0.05) is 30.0 Å². The normalized spacial score (nSPS) is 12.6. The van der Waals surface area contributed by atoms with E-state index < -0.39 is 0 Å². The van der Waals surface area contributed by atoms with Crippen LogP contribution in [-0.4, -0.2) is 22.3 Å². The largest absolute Gasteiger partial charge is 0.395 e. The molecule has 0 bridgehead atoms. The van der Waals surface area contributed by atoms with Gasteiger partial charge in [0.15, 0.2) is 0 Å². The Morgan fingerprint density at radius 2 is 1.94 bits per heavy atom. The Kier molecular flexibility index (Phi) is 3.61. The van der Waals surface area contributed by atoms with Crippen molar-refractivity contribution in [3.8, 4) is 5.69 Å². The predicted octanol–water partition coefficient (Wildman–Crippen LogP) is 1.65. The third-order valence-electron chi connectivity index (χ3n) is 2.85. The van der Waals surface area contributed by atoms with Gasteiger partial charge in [0.25, 0.3) is 0 Å². The van der Waals surface area contributed by atoms with E-state index in [1.54, 1.807) is 0 Å². The van der Waals surface area contributed by atoms with E-state index in [-0.39, 0.29) is 12.6 Å². The van der Waals surface area contributed by atoms with E-state index in [0.29, 0.717) is 6.42 Å². The number of benzene rings is 1. The van der Waals surface area contributed by atoms with Crippen LogP contribution in [0.5, 0.6) is 0 Å². The Morgan fingerprint density at radius 1 is 1.24 bits per heavy atom. The van der Waals surface area contributed by atoms with Crippen molar-refractivity contribution in [1.29, 1.82) is 0 Å². The number of nitrogens with zero attached hydrogens (tertiary/aromatic N) is 1. The highest BCUT2D eigenvalue weighted by Crippen LogP contribution is 2.14. The fourth-order valence-electron chi connectivity index (χ4n) is 1.87. The molecule has 1 heterocycles. The zero-order valence-corrected chi connectivity index (χ0v) is 10.0. The number of aliphatic hydroxyl groups excluding tert-OH is 1. The van der Waals surface area contributed by atoms with Crippen molar-refractivity contribution in [2.24, 2.45) is 5.73 Å². The molecule has 2 rings (SSSR count). The van der Waals surface area contributed by atoms with E-state index >= 15 is 0 Å². The molecule has 0 saturated heterocycles. The first-order valence-corrected chi connectivity index (χ1v) is 5.80. The molecule has 2 aromatic rings. The number of aliphatic hydroxyl groups is 1. The van der Waals surface area contributed by atoms with E-state index in [4.69, 9.17) is 10.8 Å². The molecule has 0 aliphatic rings. The van der Waals surface area contributed by atoms with Crippen LogP contribution in [0.2, 0.25) is 0 Å². The molecule has 1 aromatic heterocycles. The van der Waals surface area contributed by atoms with E-state index in [1.807, 2.05) is 18.3 Å². The molecule has 1 unspecified atom stereocenters. The second kappa shape index (κ2) is 5.17. The van der Waals surface area contributed by atoms with Crippen LogP contribution < -0.4 is 5.73 Å². The summed E-state index contributed by atoms with van der Waals surface area (Å²) in [6.07, 6.45) is 2.70. The minimum absolute atomic E-state index is 0.0130. The summed E-state index contributed by atoms with van der Waals surface area (Å²) >= 11 is 0. The summed E-state index contributed by atoms with van der Waals surface area (Å²) < 4.78 is 2.11. The van der Waals surface area contributed by atoms with Crippen LogP contribution in [0.3, 0.4) is 0 Å². The Hall–Kier alpha value is -1.58. The van der Waals surface area contributed by atoms with Gasteiger partial charge in [0.1, 0.15) is 0 Å². The van der Waals surface area contributed by atoms with Crippen molar-refractivity contribution < 1.29 is 5.11 Å². The molecule has 0 spiro atoms. The molecule has 0 radical (unpaired) electrons. The van der Waals surface area contributed by atoms with Crippen LogP contribution in [0.25, 0.3) is 5.69 Å². The molecule has 3 heteroatoms. The third-order valence-corrected chi connectivity index (χ3v) is 2.85. The first-order valence-electron chi connectivity index (χ1n) is 5.80. The SMILES string of the molecule is Cc1ccc(-n2cccc2CC(N)CO)cc1. The predicted molar refractivity (Wildman–Crippen MR) is 69.3 cm³/mol. The van der Waals surface area contributed by atoms with Crippen LogP contribution in [-0.2, 0) is 6.42 Å². The summed E-state index contributed by atoms with van der Waals surface area (Å²) in [6, 6.07) is 12.2. The highest BCUT2D eigenvalue weighted by Gasteiger charge is 2.07. The Morgan fingerprint density at radius 3 is 2.59 bits per heavy atom. The quantitative estimate of drug-likeness (QED) is 0.839. The smallest absolute Gasteiger partial charge is 0.0586 e. The molecule has 0 aliphatic heterocycles. The summed E-state index contributed by atoms with van der Waals surface area (Å²) in [5.41, 5.74) is 9.26. The van der Waals surface area contributed by atoms with Crippen molar-refractivity contribution in [3.05, 3.63) is 53.9 Å². The molecule has 0 amide bonds. The average molecular weight is 230 g/mol. The number of aromatic nitrogens is 1. The fraction of sp³-hybridized carbons (Fsp3) is 0.286. The number of rotatable bonds is 4. The van der Waals surface area contributed by atoms with Gasteiger partial charge in [0.2, 0.25) is 0 Å². The van der Waals surface area contributed by atoms with Gasteiger partial charge in [-0.05, 0) is 31.2 Å². The number of hydrogen-bond acceptors (Lipinski definition) is 2. The zero-order valence-electron chi connectivity index (χ0n) is 10.0. The second-order valence-electron chi connectivity index (χ2n) is 4.35. The van der Waals surface area contributed by atoms with E-state index in [9.17, 15) is 0 Å². The first-order chi connectivity index (χ1) is 8.20. The maximum atomic E-state index is 9.00. The number of aryl methyl sites for hydroxylation is 1. The van der Waals surface area contributed by atoms with Crippen LogP contribution in [0.1, 0.15) is 11.3 Å². The van der Waals surface area contributed by atoms with E-state index in [2.05, 4.69) is 35.8 Å². The standard InChI is InChI=1S/C14H18N2O/c1-11-4-6-13(7-5-11)16-8-2-3-14(16)9-12(15)10-17/h2-8,12,17H,9-10,15H2,1H3. The fourth-order valence-corrected chi connectivity index (χ4v) is 1.87. The van der Waals surface area contributed by atoms with Crippen LogP contribution in [0, 0.1) is 6.92 Å². The maximum absolute atomic E-state index is 9.00. The van der Waals surface area contributed by atoms with Gasteiger partial charge in [-0.2, -0.15) is 0 Å². The van der Waals surface area contributed by atoms with Crippen molar-refractivity contribution in [2.45, 2.75) is 19.4 Å². The van der Waals surface area contributed by atoms with Crippen molar-refractivity contribution >= 4 is 0 Å². The van der Waals surface area contributed by atoms with Gasteiger partial charge in [0.05, 0.1) is 6.61 Å². The summed E-state index contributed by atoms with van der Waals surface area (Å²) in [5.74, 6) is 0. The van der Waals surface area contributed by atoms with Gasteiger partial charge in [-0.3, -0.25) is 0 Å². The maximum Gasteiger partial charge on any atom is 0.0586 e. The Labute approximate surface area is 102 Å². The Bertz CT molecular complexity index is 473. The minimum Gasteiger partial charge on any atom is -0.395 e. The van der Waals surface area contributed by atoms with Gasteiger partial charge in [-0.15, -0.1) is 0 Å². The van der Waals surface area contributed by atoms with Gasteiger partial charge >= 0.3 is 0 Å². The average Bonchev–Trinajstić information content (AvgIpc) is 2.78. The van der Waals surface area contributed by atoms with E-state index in [1.165, 1.54) is 5.56 Å². The monoisotopic (exact) mass is 230 g/mol. The van der Waals surface area contributed by atoms with Crippen LogP contribution >= 0.6 is 0 Å².